The maximum absolute atomic E-state index is 9.17. The van der Waals surface area contributed by atoms with Crippen molar-refractivity contribution < 1.29 is 9.63 Å². The van der Waals surface area contributed by atoms with E-state index in [-0.39, 0.29) is 5.95 Å². The average Bonchev–Trinajstić information content (AvgIpc) is 2.50. The Bertz CT molecular complexity index is 274. The summed E-state index contributed by atoms with van der Waals surface area (Å²) in [7, 11) is 4.00. The van der Waals surface area contributed by atoms with E-state index in [4.69, 9.17) is 10.9 Å². The number of hydrazine groups is 1. The first-order valence-electron chi connectivity index (χ1n) is 4.42. The third-order valence-corrected chi connectivity index (χ3v) is 1.85. The second kappa shape index (κ2) is 4.83. The molecule has 14 heavy (non-hydrogen) atoms. The molecule has 1 heterocycles. The molecule has 6 heteroatoms. The van der Waals surface area contributed by atoms with Crippen molar-refractivity contribution >= 4 is 5.69 Å². The number of aromatic nitrogens is 1. The maximum Gasteiger partial charge on any atom is 0.333 e. The lowest BCUT2D eigenvalue weighted by molar-refractivity contribution is 0.278. The first-order valence-corrected chi connectivity index (χ1v) is 4.42. The number of nitrogens with two attached hydrogens (primary N) is 1. The molecule has 1 rings (SSSR count). The fourth-order valence-electron chi connectivity index (χ4n) is 1.10. The van der Waals surface area contributed by atoms with Gasteiger partial charge in [-0.05, 0) is 27.1 Å². The molecule has 1 aromatic rings. The van der Waals surface area contributed by atoms with Gasteiger partial charge in [0.25, 0.3) is 0 Å². The standard InChI is InChI=1S/C8H16N4O2/c1-11(2)4-3-5-12(9)7-6-10-14-8(7)13/h6,13H,3-5,9H2,1-2H3. The van der Waals surface area contributed by atoms with Gasteiger partial charge in [-0.2, -0.15) is 0 Å². The largest absolute Gasteiger partial charge is 0.478 e. The minimum atomic E-state index is -0.239. The predicted octanol–water partition coefficient (Wildman–Crippen LogP) is 0.0120. The molecule has 6 nitrogen and oxygen atoms in total. The molecular weight excluding hydrogens is 184 g/mol. The van der Waals surface area contributed by atoms with Crippen LogP contribution in [0, 0.1) is 0 Å². The smallest absolute Gasteiger partial charge is 0.333 e. The topological polar surface area (TPSA) is 78.8 Å². The van der Waals surface area contributed by atoms with Crippen LogP contribution in [0.15, 0.2) is 10.7 Å². The molecule has 0 aliphatic rings. The number of hydrogen-bond acceptors (Lipinski definition) is 6. The van der Waals surface area contributed by atoms with Gasteiger partial charge in [0.1, 0.15) is 0 Å². The summed E-state index contributed by atoms with van der Waals surface area (Å²) in [5, 5.41) is 14.0. The highest BCUT2D eigenvalue weighted by atomic mass is 16.5. The van der Waals surface area contributed by atoms with E-state index >= 15 is 0 Å². The van der Waals surface area contributed by atoms with Crippen molar-refractivity contribution in [2.75, 3.05) is 32.2 Å². The van der Waals surface area contributed by atoms with E-state index in [9.17, 15) is 0 Å². The molecule has 0 aromatic carbocycles. The molecule has 0 bridgehead atoms. The van der Waals surface area contributed by atoms with Crippen molar-refractivity contribution in [3.05, 3.63) is 6.20 Å². The van der Waals surface area contributed by atoms with Crippen molar-refractivity contribution in [3.63, 3.8) is 0 Å². The average molecular weight is 200 g/mol. The number of hydrogen-bond donors (Lipinski definition) is 2. The van der Waals surface area contributed by atoms with Crippen LogP contribution >= 0.6 is 0 Å². The van der Waals surface area contributed by atoms with E-state index in [0.717, 1.165) is 13.0 Å². The zero-order chi connectivity index (χ0) is 10.6. The Morgan fingerprint density at radius 2 is 2.21 bits per heavy atom. The van der Waals surface area contributed by atoms with E-state index in [0.29, 0.717) is 12.2 Å². The zero-order valence-electron chi connectivity index (χ0n) is 8.47. The zero-order valence-corrected chi connectivity index (χ0v) is 8.47. The summed E-state index contributed by atoms with van der Waals surface area (Å²) in [4.78, 5) is 2.07. The van der Waals surface area contributed by atoms with Gasteiger partial charge >= 0.3 is 5.95 Å². The van der Waals surface area contributed by atoms with Gasteiger partial charge in [-0.1, -0.05) is 5.16 Å². The Morgan fingerprint density at radius 1 is 1.50 bits per heavy atom. The second-order valence-electron chi connectivity index (χ2n) is 3.37. The van der Waals surface area contributed by atoms with Gasteiger partial charge in [0.2, 0.25) is 0 Å². The summed E-state index contributed by atoms with van der Waals surface area (Å²) in [5.41, 5.74) is 0.420. The predicted molar refractivity (Wildman–Crippen MR) is 52.9 cm³/mol. The van der Waals surface area contributed by atoms with Crippen LogP contribution in [-0.4, -0.2) is 42.3 Å². The summed E-state index contributed by atoms with van der Waals surface area (Å²) < 4.78 is 4.49. The van der Waals surface area contributed by atoms with Crippen molar-refractivity contribution in [1.82, 2.24) is 10.1 Å². The second-order valence-corrected chi connectivity index (χ2v) is 3.37. The molecule has 0 radical (unpaired) electrons. The number of aromatic hydroxyl groups is 1. The molecule has 0 aliphatic carbocycles. The summed E-state index contributed by atoms with van der Waals surface area (Å²) in [6.07, 6.45) is 2.30. The van der Waals surface area contributed by atoms with Gasteiger partial charge < -0.3 is 19.5 Å². The molecule has 1 aromatic heterocycles. The van der Waals surface area contributed by atoms with E-state index in [1.165, 1.54) is 11.2 Å². The van der Waals surface area contributed by atoms with Crippen LogP contribution in [0.5, 0.6) is 5.95 Å². The maximum atomic E-state index is 9.17. The van der Waals surface area contributed by atoms with Gasteiger partial charge in [-0.15, -0.1) is 0 Å². The SMILES string of the molecule is CN(C)CCCN(N)c1cnoc1O. The van der Waals surface area contributed by atoms with Gasteiger partial charge in [0.05, 0.1) is 6.20 Å². The van der Waals surface area contributed by atoms with Crippen LogP contribution in [0.3, 0.4) is 0 Å². The number of anilines is 1. The Morgan fingerprint density at radius 3 is 2.71 bits per heavy atom. The summed E-state index contributed by atoms with van der Waals surface area (Å²) in [6.45, 7) is 1.59. The number of rotatable bonds is 5. The molecular formula is C8H16N4O2. The molecule has 3 N–H and O–H groups in total. The fraction of sp³-hybridized carbons (Fsp3) is 0.625. The monoisotopic (exact) mass is 200 g/mol. The van der Waals surface area contributed by atoms with E-state index in [1.807, 2.05) is 14.1 Å². The van der Waals surface area contributed by atoms with E-state index in [2.05, 4.69) is 14.6 Å². The minimum Gasteiger partial charge on any atom is -0.478 e. The third-order valence-electron chi connectivity index (χ3n) is 1.85. The first-order chi connectivity index (χ1) is 6.61. The fourth-order valence-corrected chi connectivity index (χ4v) is 1.10. The van der Waals surface area contributed by atoms with Gasteiger partial charge in [0, 0.05) is 6.54 Å². The molecule has 80 valence electrons. The molecule has 0 fully saturated rings. The highest BCUT2D eigenvalue weighted by Crippen LogP contribution is 2.23. The van der Waals surface area contributed by atoms with Gasteiger partial charge in [0.15, 0.2) is 5.69 Å². The van der Waals surface area contributed by atoms with Crippen LogP contribution in [0.4, 0.5) is 5.69 Å². The highest BCUT2D eigenvalue weighted by Gasteiger charge is 2.11. The van der Waals surface area contributed by atoms with Crippen molar-refractivity contribution in [3.8, 4) is 5.95 Å². The Labute approximate surface area is 82.8 Å². The highest BCUT2D eigenvalue weighted by molar-refractivity contribution is 5.49. The first kappa shape index (κ1) is 10.8. The molecule has 0 atom stereocenters. The lowest BCUT2D eigenvalue weighted by Gasteiger charge is -2.17. The quantitative estimate of drug-likeness (QED) is 0.515. The van der Waals surface area contributed by atoms with Crippen LogP contribution in [0.25, 0.3) is 0 Å². The van der Waals surface area contributed by atoms with Crippen LogP contribution in [0.1, 0.15) is 6.42 Å². The summed E-state index contributed by atoms with van der Waals surface area (Å²) in [5.74, 6) is 5.44. The van der Waals surface area contributed by atoms with E-state index < -0.39 is 0 Å². The van der Waals surface area contributed by atoms with Crippen molar-refractivity contribution in [2.45, 2.75) is 6.42 Å². The van der Waals surface area contributed by atoms with Crippen molar-refractivity contribution in [2.24, 2.45) is 5.84 Å². The minimum absolute atomic E-state index is 0.239. The Kier molecular flexibility index (Phi) is 3.73. The van der Waals surface area contributed by atoms with Gasteiger partial charge in [-0.3, -0.25) is 0 Å². The van der Waals surface area contributed by atoms with Crippen LogP contribution in [0.2, 0.25) is 0 Å². The number of nitrogens with zero attached hydrogens (tertiary/aromatic N) is 3. The summed E-state index contributed by atoms with van der Waals surface area (Å²) >= 11 is 0. The Hall–Kier alpha value is -1.27. The molecule has 0 unspecified atom stereocenters. The molecule has 0 spiro atoms. The lowest BCUT2D eigenvalue weighted by atomic mass is 10.4. The van der Waals surface area contributed by atoms with E-state index in [1.54, 1.807) is 0 Å². The normalized spacial score (nSPS) is 10.9. The van der Waals surface area contributed by atoms with Crippen LogP contribution in [-0.2, 0) is 0 Å². The summed E-state index contributed by atoms with van der Waals surface area (Å²) in [6, 6.07) is 0. The van der Waals surface area contributed by atoms with Crippen LogP contribution < -0.4 is 10.9 Å². The lowest BCUT2D eigenvalue weighted by Crippen LogP contribution is -2.33. The molecule has 0 saturated heterocycles. The van der Waals surface area contributed by atoms with Gasteiger partial charge in [-0.25, -0.2) is 5.84 Å². The van der Waals surface area contributed by atoms with Crippen molar-refractivity contribution in [1.29, 1.82) is 0 Å². The Balaban J connectivity index is 2.36. The molecule has 0 aliphatic heterocycles. The third kappa shape index (κ3) is 2.90. The molecule has 0 amide bonds. The molecule has 0 saturated carbocycles.